The number of sulfonamides is 1. The van der Waals surface area contributed by atoms with E-state index in [1.54, 1.807) is 6.07 Å². The van der Waals surface area contributed by atoms with Gasteiger partial charge in [0.05, 0.1) is 9.90 Å². The number of carbonyl (C=O) groups excluding carboxylic acids is 1. The van der Waals surface area contributed by atoms with Gasteiger partial charge in [-0.15, -0.1) is 22.7 Å². The van der Waals surface area contributed by atoms with Crippen molar-refractivity contribution >= 4 is 55.2 Å². The van der Waals surface area contributed by atoms with Crippen molar-refractivity contribution in [3.05, 3.63) is 68.4 Å². The first kappa shape index (κ1) is 24.4. The number of hydrogen-bond donors (Lipinski definition) is 1. The average Bonchev–Trinajstić information content (AvgIpc) is 3.58. The number of thiophene rings is 2. The maximum Gasteiger partial charge on any atom is 0.253 e. The van der Waals surface area contributed by atoms with E-state index in [4.69, 9.17) is 11.6 Å². The Balaban J connectivity index is 1.33. The smallest absolute Gasteiger partial charge is 0.253 e. The van der Waals surface area contributed by atoms with E-state index in [1.165, 1.54) is 27.3 Å². The zero-order chi connectivity index (χ0) is 24.6. The molecule has 0 bridgehead atoms. The SMILES string of the molecule is N#Cc1c(NC(=O)C2CCCN2S(=O)(=O)c2ccc(Cl)s2)sc2c1CCN(Cc1ccccc1)C2. The van der Waals surface area contributed by atoms with E-state index >= 15 is 0 Å². The Hall–Kier alpha value is -2.26. The highest BCUT2D eigenvalue weighted by Crippen LogP contribution is 2.38. The Morgan fingerprint density at radius 1 is 1.17 bits per heavy atom. The maximum absolute atomic E-state index is 13.2. The highest BCUT2D eigenvalue weighted by atomic mass is 35.5. The Labute approximate surface area is 217 Å². The number of rotatable bonds is 6. The van der Waals surface area contributed by atoms with Crippen molar-refractivity contribution in [2.45, 2.75) is 42.6 Å². The highest BCUT2D eigenvalue weighted by molar-refractivity contribution is 7.91. The van der Waals surface area contributed by atoms with Crippen LogP contribution in [0.15, 0.2) is 46.7 Å². The first-order chi connectivity index (χ1) is 16.9. The van der Waals surface area contributed by atoms with Crippen LogP contribution in [0.3, 0.4) is 0 Å². The van der Waals surface area contributed by atoms with Crippen LogP contribution in [-0.2, 0) is 34.3 Å². The number of benzene rings is 1. The molecule has 0 spiro atoms. The van der Waals surface area contributed by atoms with Gasteiger partial charge in [0.25, 0.3) is 10.0 Å². The van der Waals surface area contributed by atoms with Crippen molar-refractivity contribution in [3.63, 3.8) is 0 Å². The summed E-state index contributed by atoms with van der Waals surface area (Å²) in [5.74, 6) is -0.398. The first-order valence-electron chi connectivity index (χ1n) is 11.3. The zero-order valence-electron chi connectivity index (χ0n) is 18.7. The molecule has 2 aliphatic heterocycles. The van der Waals surface area contributed by atoms with Gasteiger partial charge < -0.3 is 5.32 Å². The lowest BCUT2D eigenvalue weighted by molar-refractivity contribution is -0.119. The van der Waals surface area contributed by atoms with Crippen molar-refractivity contribution in [1.29, 1.82) is 5.26 Å². The van der Waals surface area contributed by atoms with Gasteiger partial charge in [0.2, 0.25) is 5.91 Å². The second kappa shape index (κ2) is 10.0. The van der Waals surface area contributed by atoms with Crippen LogP contribution in [-0.4, -0.2) is 42.7 Å². The van der Waals surface area contributed by atoms with Crippen LogP contribution in [0.25, 0.3) is 0 Å². The molecule has 0 aliphatic carbocycles. The Morgan fingerprint density at radius 3 is 2.69 bits per heavy atom. The van der Waals surface area contributed by atoms with Crippen molar-refractivity contribution in [1.82, 2.24) is 9.21 Å². The molecule has 4 heterocycles. The van der Waals surface area contributed by atoms with Gasteiger partial charge in [-0.2, -0.15) is 9.57 Å². The summed E-state index contributed by atoms with van der Waals surface area (Å²) >= 11 is 8.34. The van der Waals surface area contributed by atoms with Crippen molar-refractivity contribution in [3.8, 4) is 6.07 Å². The summed E-state index contributed by atoms with van der Waals surface area (Å²) in [7, 11) is -3.82. The lowest BCUT2D eigenvalue weighted by atomic mass is 10.0. The number of nitrogens with zero attached hydrogens (tertiary/aromatic N) is 3. The van der Waals surface area contributed by atoms with Crippen molar-refractivity contribution in [2.75, 3.05) is 18.4 Å². The summed E-state index contributed by atoms with van der Waals surface area (Å²) in [6, 6.07) is 14.7. The Kier molecular flexibility index (Phi) is 6.99. The van der Waals surface area contributed by atoms with Crippen LogP contribution in [0.5, 0.6) is 0 Å². The lowest BCUT2D eigenvalue weighted by Gasteiger charge is -2.26. The topological polar surface area (TPSA) is 93.5 Å². The second-order valence-corrected chi connectivity index (χ2v) is 13.5. The number of halogens is 1. The summed E-state index contributed by atoms with van der Waals surface area (Å²) in [5, 5.41) is 13.2. The van der Waals surface area contributed by atoms with Gasteiger partial charge in [-0.1, -0.05) is 41.9 Å². The van der Waals surface area contributed by atoms with Gasteiger partial charge in [-0.3, -0.25) is 9.69 Å². The van der Waals surface area contributed by atoms with Crippen LogP contribution in [0.1, 0.15) is 34.4 Å². The van der Waals surface area contributed by atoms with Gasteiger partial charge in [-0.05, 0) is 42.5 Å². The molecule has 11 heteroatoms. The maximum atomic E-state index is 13.2. The Bertz CT molecular complexity index is 1390. The normalized spacial score (nSPS) is 18.8. The zero-order valence-corrected chi connectivity index (χ0v) is 21.9. The monoisotopic (exact) mass is 546 g/mol. The summed E-state index contributed by atoms with van der Waals surface area (Å²) < 4.78 is 28.0. The predicted octanol–water partition coefficient (Wildman–Crippen LogP) is 4.68. The highest BCUT2D eigenvalue weighted by Gasteiger charge is 2.40. The standard InChI is InChI=1S/C24H23ClN4O3S3/c25-21-8-9-22(34-21)35(31,32)29-11-4-7-19(29)23(30)27-24-18(13-26)17-10-12-28(15-20(17)33-24)14-16-5-2-1-3-6-16/h1-3,5-6,8-9,19H,4,7,10-12,14-15H2,(H,27,30). The first-order valence-corrected chi connectivity index (χ1v) is 14.7. The minimum atomic E-state index is -3.82. The van der Waals surface area contributed by atoms with Gasteiger partial charge >= 0.3 is 0 Å². The number of amides is 1. The molecule has 0 radical (unpaired) electrons. The molecule has 35 heavy (non-hydrogen) atoms. The number of nitrogens with one attached hydrogen (secondary N) is 1. The van der Waals surface area contributed by atoms with Crippen molar-refractivity contribution in [2.24, 2.45) is 0 Å². The Morgan fingerprint density at radius 2 is 1.97 bits per heavy atom. The minimum absolute atomic E-state index is 0.130. The van der Waals surface area contributed by atoms with Crippen LogP contribution < -0.4 is 5.32 Å². The molecule has 1 fully saturated rings. The molecule has 1 atom stereocenters. The van der Waals surface area contributed by atoms with E-state index in [9.17, 15) is 18.5 Å². The third kappa shape index (κ3) is 4.89. The predicted molar refractivity (Wildman–Crippen MR) is 138 cm³/mol. The molecule has 2 aromatic heterocycles. The van der Waals surface area contributed by atoms with Crippen molar-refractivity contribution < 1.29 is 13.2 Å². The van der Waals surface area contributed by atoms with Crippen LogP contribution in [0, 0.1) is 11.3 Å². The lowest BCUT2D eigenvalue weighted by Crippen LogP contribution is -2.42. The van der Waals surface area contributed by atoms with Gasteiger partial charge in [0.1, 0.15) is 21.3 Å². The average molecular weight is 547 g/mol. The molecule has 3 aromatic rings. The quantitative estimate of drug-likeness (QED) is 0.484. The minimum Gasteiger partial charge on any atom is -0.315 e. The second-order valence-electron chi connectivity index (χ2n) is 8.59. The molecule has 1 unspecified atom stereocenters. The molecular weight excluding hydrogens is 524 g/mol. The van der Waals surface area contributed by atoms with Crippen LogP contribution in [0.2, 0.25) is 4.34 Å². The van der Waals surface area contributed by atoms with E-state index in [-0.39, 0.29) is 10.8 Å². The number of anilines is 1. The molecule has 0 saturated carbocycles. The van der Waals surface area contributed by atoms with Crippen LogP contribution >= 0.6 is 34.3 Å². The van der Waals surface area contributed by atoms with E-state index < -0.39 is 22.0 Å². The molecule has 1 aromatic carbocycles. The number of carbonyl (C=O) groups is 1. The fourth-order valence-corrected chi connectivity index (χ4v) is 9.19. The fourth-order valence-electron chi connectivity index (χ4n) is 4.68. The number of nitriles is 1. The molecule has 2 aliphatic rings. The summed E-state index contributed by atoms with van der Waals surface area (Å²) in [4.78, 5) is 16.6. The summed E-state index contributed by atoms with van der Waals surface area (Å²) in [6.07, 6.45) is 1.76. The molecule has 7 nitrogen and oxygen atoms in total. The summed E-state index contributed by atoms with van der Waals surface area (Å²) in [6.45, 7) is 2.64. The van der Waals surface area contributed by atoms with E-state index in [0.717, 1.165) is 41.3 Å². The van der Waals surface area contributed by atoms with E-state index in [0.29, 0.717) is 34.3 Å². The van der Waals surface area contributed by atoms with Gasteiger partial charge in [0.15, 0.2) is 0 Å². The molecule has 5 rings (SSSR count). The molecule has 1 saturated heterocycles. The third-order valence-corrected chi connectivity index (χ3v) is 11.1. The molecule has 182 valence electrons. The largest absolute Gasteiger partial charge is 0.315 e. The van der Waals surface area contributed by atoms with E-state index in [2.05, 4.69) is 28.4 Å². The van der Waals surface area contributed by atoms with Gasteiger partial charge in [0, 0.05) is 31.1 Å². The third-order valence-electron chi connectivity index (χ3n) is 6.35. The molecule has 1 amide bonds. The number of fused-ring (bicyclic) bond motifs is 1. The number of hydrogen-bond acceptors (Lipinski definition) is 7. The van der Waals surface area contributed by atoms with Crippen LogP contribution in [0.4, 0.5) is 5.00 Å². The fraction of sp³-hybridized carbons (Fsp3) is 0.333. The molecule has 1 N–H and O–H groups in total. The molecular formula is C24H23ClN4O3S3. The summed E-state index contributed by atoms with van der Waals surface area (Å²) in [5.41, 5.74) is 2.72. The van der Waals surface area contributed by atoms with E-state index in [1.807, 2.05) is 18.2 Å². The van der Waals surface area contributed by atoms with Gasteiger partial charge in [-0.25, -0.2) is 8.42 Å².